The van der Waals surface area contributed by atoms with Gasteiger partial charge in [-0.05, 0) is 36.4 Å². The number of alkyl halides is 3. The molecule has 0 spiro atoms. The number of carbonyl (C=O) groups is 1. The van der Waals surface area contributed by atoms with E-state index in [4.69, 9.17) is 0 Å². The number of nitrogens with one attached hydrogen (secondary N) is 1. The normalized spacial score (nSPS) is 11.5. The third-order valence-electron chi connectivity index (χ3n) is 4.12. The van der Waals surface area contributed by atoms with Crippen LogP contribution in [0.2, 0.25) is 0 Å². The van der Waals surface area contributed by atoms with Gasteiger partial charge in [-0.15, -0.1) is 0 Å². The maximum Gasteiger partial charge on any atom is 0.433 e. The second-order valence-electron chi connectivity index (χ2n) is 5.98. The highest BCUT2D eigenvalue weighted by atomic mass is 19.4. The van der Waals surface area contributed by atoms with Crippen LogP contribution in [0.4, 0.5) is 19.1 Å². The molecule has 4 rings (SSSR count). The highest BCUT2D eigenvalue weighted by Gasteiger charge is 2.32. The molecule has 0 aliphatic heterocycles. The number of imidazole rings is 1. The monoisotopic (exact) mass is 382 g/mol. The summed E-state index contributed by atoms with van der Waals surface area (Å²) < 4.78 is 39.7. The molecule has 0 aliphatic rings. The molecule has 0 fully saturated rings. The van der Waals surface area contributed by atoms with Gasteiger partial charge in [0.2, 0.25) is 5.95 Å². The van der Waals surface area contributed by atoms with Gasteiger partial charge in [-0.2, -0.15) is 13.2 Å². The number of anilines is 1. The molecule has 0 aliphatic carbocycles. The van der Waals surface area contributed by atoms with Crippen LogP contribution in [0.5, 0.6) is 0 Å². The minimum Gasteiger partial charge on any atom is -0.291 e. The fraction of sp³-hybridized carbons (Fsp3) is 0.0500. The van der Waals surface area contributed by atoms with Crippen LogP contribution in [0.3, 0.4) is 0 Å². The summed E-state index contributed by atoms with van der Waals surface area (Å²) in [5, 5.41) is 2.66. The Labute approximate surface area is 157 Å². The first-order chi connectivity index (χ1) is 13.4. The smallest absolute Gasteiger partial charge is 0.291 e. The van der Waals surface area contributed by atoms with E-state index in [1.165, 1.54) is 0 Å². The van der Waals surface area contributed by atoms with Gasteiger partial charge in [0, 0.05) is 11.9 Å². The SMILES string of the molecule is O=C(Nc1nc2ccccc2n1-c1ccccc1)c1ccc(C(F)(F)F)nc1. The summed E-state index contributed by atoms with van der Waals surface area (Å²) in [6.07, 6.45) is -3.66. The minimum atomic E-state index is -4.56. The van der Waals surface area contributed by atoms with Gasteiger partial charge >= 0.3 is 6.18 Å². The molecule has 2 aromatic carbocycles. The number of fused-ring (bicyclic) bond motifs is 1. The van der Waals surface area contributed by atoms with E-state index in [2.05, 4.69) is 15.3 Å². The van der Waals surface area contributed by atoms with Gasteiger partial charge in [-0.3, -0.25) is 19.7 Å². The van der Waals surface area contributed by atoms with Crippen LogP contribution in [0.25, 0.3) is 16.7 Å². The molecule has 1 amide bonds. The van der Waals surface area contributed by atoms with Gasteiger partial charge in [0.15, 0.2) is 0 Å². The zero-order valence-corrected chi connectivity index (χ0v) is 14.3. The van der Waals surface area contributed by atoms with Crippen LogP contribution in [-0.4, -0.2) is 20.4 Å². The Morgan fingerprint density at radius 3 is 2.32 bits per heavy atom. The van der Waals surface area contributed by atoms with Gasteiger partial charge < -0.3 is 0 Å². The Morgan fingerprint density at radius 1 is 0.929 bits per heavy atom. The van der Waals surface area contributed by atoms with Gasteiger partial charge in [-0.25, -0.2) is 4.98 Å². The molecule has 0 saturated carbocycles. The molecule has 2 heterocycles. The molecular weight excluding hydrogens is 369 g/mol. The lowest BCUT2D eigenvalue weighted by molar-refractivity contribution is -0.141. The van der Waals surface area contributed by atoms with Gasteiger partial charge in [0.25, 0.3) is 5.91 Å². The lowest BCUT2D eigenvalue weighted by Crippen LogP contribution is -2.16. The number of amides is 1. The number of rotatable bonds is 3. The fourth-order valence-electron chi connectivity index (χ4n) is 2.82. The maximum absolute atomic E-state index is 12.6. The number of para-hydroxylation sites is 3. The van der Waals surface area contributed by atoms with Crippen molar-refractivity contribution in [2.24, 2.45) is 0 Å². The molecule has 0 bridgehead atoms. The van der Waals surface area contributed by atoms with Crippen LogP contribution < -0.4 is 5.32 Å². The van der Waals surface area contributed by atoms with Crippen molar-refractivity contribution < 1.29 is 18.0 Å². The Hall–Kier alpha value is -3.68. The summed E-state index contributed by atoms with van der Waals surface area (Å²) in [6, 6.07) is 18.5. The first kappa shape index (κ1) is 17.7. The van der Waals surface area contributed by atoms with Crippen molar-refractivity contribution in [2.45, 2.75) is 6.18 Å². The summed E-state index contributed by atoms with van der Waals surface area (Å²) >= 11 is 0. The Balaban J connectivity index is 1.71. The van der Waals surface area contributed by atoms with Crippen molar-refractivity contribution in [3.63, 3.8) is 0 Å². The number of hydrogen-bond donors (Lipinski definition) is 1. The van der Waals surface area contributed by atoms with Crippen molar-refractivity contribution in [1.82, 2.24) is 14.5 Å². The average Bonchev–Trinajstić information content (AvgIpc) is 3.06. The summed E-state index contributed by atoms with van der Waals surface area (Å²) in [5.74, 6) is -0.342. The molecule has 4 aromatic rings. The largest absolute Gasteiger partial charge is 0.433 e. The summed E-state index contributed by atoms with van der Waals surface area (Å²) in [5.41, 5.74) is 1.19. The number of nitrogens with zero attached hydrogens (tertiary/aromatic N) is 3. The number of benzene rings is 2. The van der Waals surface area contributed by atoms with Gasteiger partial charge in [0.1, 0.15) is 5.69 Å². The molecule has 0 saturated heterocycles. The summed E-state index contributed by atoms with van der Waals surface area (Å²) in [4.78, 5) is 20.3. The molecule has 1 N–H and O–H groups in total. The third kappa shape index (κ3) is 3.32. The highest BCUT2D eigenvalue weighted by molar-refractivity contribution is 6.04. The van der Waals surface area contributed by atoms with Crippen molar-refractivity contribution in [1.29, 1.82) is 0 Å². The van der Waals surface area contributed by atoms with E-state index in [1.807, 2.05) is 54.6 Å². The number of pyridine rings is 1. The van der Waals surface area contributed by atoms with E-state index >= 15 is 0 Å². The van der Waals surface area contributed by atoms with E-state index in [0.717, 1.165) is 29.5 Å². The average molecular weight is 382 g/mol. The zero-order valence-electron chi connectivity index (χ0n) is 14.3. The molecule has 28 heavy (non-hydrogen) atoms. The molecule has 8 heteroatoms. The second-order valence-corrected chi connectivity index (χ2v) is 5.98. The third-order valence-corrected chi connectivity index (χ3v) is 4.12. The van der Waals surface area contributed by atoms with E-state index in [0.29, 0.717) is 5.52 Å². The number of aromatic nitrogens is 3. The fourth-order valence-corrected chi connectivity index (χ4v) is 2.82. The highest BCUT2D eigenvalue weighted by Crippen LogP contribution is 2.28. The molecule has 5 nitrogen and oxygen atoms in total. The second kappa shape index (κ2) is 6.80. The molecular formula is C20H13F3N4O. The molecule has 0 unspecified atom stereocenters. The lowest BCUT2D eigenvalue weighted by Gasteiger charge is -2.10. The first-order valence-electron chi connectivity index (χ1n) is 8.31. The van der Waals surface area contributed by atoms with Crippen LogP contribution in [0, 0.1) is 0 Å². The first-order valence-corrected chi connectivity index (χ1v) is 8.31. The van der Waals surface area contributed by atoms with Gasteiger partial charge in [-0.1, -0.05) is 30.3 Å². The van der Waals surface area contributed by atoms with Crippen LogP contribution >= 0.6 is 0 Å². The van der Waals surface area contributed by atoms with Gasteiger partial charge in [0.05, 0.1) is 16.6 Å². The zero-order chi connectivity index (χ0) is 19.7. The van der Waals surface area contributed by atoms with E-state index in [1.54, 1.807) is 4.57 Å². The quantitative estimate of drug-likeness (QED) is 0.559. The molecule has 140 valence electrons. The van der Waals surface area contributed by atoms with Crippen molar-refractivity contribution in [3.8, 4) is 5.69 Å². The predicted octanol–water partition coefficient (Wildman–Crippen LogP) is 4.69. The summed E-state index contributed by atoms with van der Waals surface area (Å²) in [7, 11) is 0. The Bertz CT molecular complexity index is 1140. The van der Waals surface area contributed by atoms with E-state index < -0.39 is 17.8 Å². The molecule has 0 radical (unpaired) electrons. The molecule has 2 aromatic heterocycles. The Morgan fingerprint density at radius 2 is 1.64 bits per heavy atom. The number of carbonyl (C=O) groups excluding carboxylic acids is 1. The van der Waals surface area contributed by atoms with Crippen LogP contribution in [0.1, 0.15) is 16.1 Å². The summed E-state index contributed by atoms with van der Waals surface area (Å²) in [6.45, 7) is 0. The lowest BCUT2D eigenvalue weighted by atomic mass is 10.2. The standard InChI is InChI=1S/C20H13F3N4O/c21-20(22,23)17-11-10-13(12-24-17)18(28)26-19-25-15-8-4-5-9-16(15)27(19)14-6-2-1-3-7-14/h1-12H,(H,25,26,28). The van der Waals surface area contributed by atoms with E-state index in [-0.39, 0.29) is 11.5 Å². The number of halogens is 3. The van der Waals surface area contributed by atoms with Crippen molar-refractivity contribution in [3.05, 3.63) is 84.2 Å². The van der Waals surface area contributed by atoms with Crippen molar-refractivity contribution >= 4 is 22.9 Å². The number of hydrogen-bond acceptors (Lipinski definition) is 3. The van der Waals surface area contributed by atoms with Crippen LogP contribution in [0.15, 0.2) is 72.9 Å². The van der Waals surface area contributed by atoms with E-state index in [9.17, 15) is 18.0 Å². The van der Waals surface area contributed by atoms with Crippen LogP contribution in [-0.2, 0) is 6.18 Å². The Kier molecular flexibility index (Phi) is 4.31. The van der Waals surface area contributed by atoms with Crippen molar-refractivity contribution in [2.75, 3.05) is 5.32 Å². The topological polar surface area (TPSA) is 59.8 Å². The minimum absolute atomic E-state index is 0.000308. The maximum atomic E-state index is 12.6. The molecule has 0 atom stereocenters. The predicted molar refractivity (Wildman–Crippen MR) is 98.3 cm³/mol.